The van der Waals surface area contributed by atoms with E-state index in [1.165, 1.54) is 18.2 Å². The molecule has 0 bridgehead atoms. The zero-order valence-electron chi connectivity index (χ0n) is 19.7. The fourth-order valence-electron chi connectivity index (χ4n) is 3.50. The molecule has 3 amide bonds. The van der Waals surface area contributed by atoms with Crippen LogP contribution in [0.3, 0.4) is 0 Å². The van der Waals surface area contributed by atoms with Gasteiger partial charge >= 0.3 is 5.69 Å². The molecule has 0 saturated carbocycles. The number of hydrogen-bond acceptors (Lipinski definition) is 9. The monoisotopic (exact) mass is 534 g/mol. The first-order valence-corrected chi connectivity index (χ1v) is 11.7. The van der Waals surface area contributed by atoms with Crippen molar-refractivity contribution in [2.24, 2.45) is 0 Å². The van der Waals surface area contributed by atoms with Crippen molar-refractivity contribution >= 4 is 52.0 Å². The van der Waals surface area contributed by atoms with Crippen molar-refractivity contribution in [1.29, 1.82) is 0 Å². The Labute approximate surface area is 219 Å². The minimum absolute atomic E-state index is 0.0804. The molecule has 13 heteroatoms. The van der Waals surface area contributed by atoms with E-state index < -0.39 is 44.8 Å². The van der Waals surface area contributed by atoms with Gasteiger partial charge in [-0.15, -0.1) is 0 Å². The molecule has 0 radical (unpaired) electrons. The predicted molar refractivity (Wildman–Crippen MR) is 139 cm³/mol. The van der Waals surface area contributed by atoms with E-state index in [9.17, 15) is 34.6 Å². The number of nitro groups is 2. The molecule has 0 aromatic heterocycles. The number of anilines is 1. The van der Waals surface area contributed by atoms with Crippen molar-refractivity contribution in [2.45, 2.75) is 6.92 Å². The van der Waals surface area contributed by atoms with Gasteiger partial charge in [0.05, 0.1) is 20.8 Å². The molecule has 3 aromatic rings. The SMILES string of the molecule is Cc1cccc(NC(=O)CN2C(=O)S/C(=C/c3cccc(Oc4ccc([N+](=O)[O-])cc4[N+](=O)[O-])c3)C2=O)c1. The van der Waals surface area contributed by atoms with Gasteiger partial charge in [0.25, 0.3) is 16.8 Å². The van der Waals surface area contributed by atoms with Gasteiger partial charge < -0.3 is 10.1 Å². The number of benzene rings is 3. The Kier molecular flexibility index (Phi) is 7.48. The minimum atomic E-state index is -0.794. The van der Waals surface area contributed by atoms with Crippen LogP contribution in [0.25, 0.3) is 6.08 Å². The van der Waals surface area contributed by atoms with Crippen LogP contribution < -0.4 is 10.1 Å². The maximum absolute atomic E-state index is 12.8. The number of nitro benzene ring substituents is 2. The summed E-state index contributed by atoms with van der Waals surface area (Å²) in [6.45, 7) is 1.41. The van der Waals surface area contributed by atoms with Crippen molar-refractivity contribution in [3.63, 3.8) is 0 Å². The molecule has 1 N–H and O–H groups in total. The van der Waals surface area contributed by atoms with Crippen molar-refractivity contribution < 1.29 is 29.0 Å². The summed E-state index contributed by atoms with van der Waals surface area (Å²) in [6, 6.07) is 16.2. The van der Waals surface area contributed by atoms with E-state index in [0.717, 1.165) is 28.7 Å². The number of nitrogens with zero attached hydrogens (tertiary/aromatic N) is 3. The number of ether oxygens (including phenoxy) is 1. The van der Waals surface area contributed by atoms with Crippen molar-refractivity contribution in [3.8, 4) is 11.5 Å². The highest BCUT2D eigenvalue weighted by Gasteiger charge is 2.36. The molecule has 1 aliphatic heterocycles. The van der Waals surface area contributed by atoms with Gasteiger partial charge in [0, 0.05) is 11.8 Å². The number of rotatable bonds is 8. The lowest BCUT2D eigenvalue weighted by Gasteiger charge is -2.12. The lowest BCUT2D eigenvalue weighted by atomic mass is 10.2. The second-order valence-corrected chi connectivity index (χ2v) is 9.02. The molecule has 0 aliphatic carbocycles. The molecule has 12 nitrogen and oxygen atoms in total. The summed E-state index contributed by atoms with van der Waals surface area (Å²) in [6.07, 6.45) is 1.43. The summed E-state index contributed by atoms with van der Waals surface area (Å²) in [5.41, 5.74) is 0.881. The first-order valence-electron chi connectivity index (χ1n) is 10.9. The number of carbonyl (C=O) groups is 3. The van der Waals surface area contributed by atoms with Gasteiger partial charge in [-0.1, -0.05) is 24.3 Å². The summed E-state index contributed by atoms with van der Waals surface area (Å²) >= 11 is 0.672. The molecule has 38 heavy (non-hydrogen) atoms. The number of non-ortho nitro benzene ring substituents is 1. The Hall–Kier alpha value is -5.04. The van der Waals surface area contributed by atoms with Crippen molar-refractivity contribution in [2.75, 3.05) is 11.9 Å². The highest BCUT2D eigenvalue weighted by molar-refractivity contribution is 8.18. The maximum atomic E-state index is 12.8. The second-order valence-electron chi connectivity index (χ2n) is 8.03. The molecule has 1 aliphatic rings. The van der Waals surface area contributed by atoms with Crippen LogP contribution in [0, 0.1) is 27.2 Å². The van der Waals surface area contributed by atoms with Crippen LogP contribution in [0.15, 0.2) is 71.6 Å². The molecule has 0 atom stereocenters. The third-order valence-corrected chi connectivity index (χ3v) is 6.12. The molecule has 192 valence electrons. The Morgan fingerprint density at radius 1 is 1.03 bits per heavy atom. The van der Waals surface area contributed by atoms with Gasteiger partial charge in [0.2, 0.25) is 11.7 Å². The molecular formula is C25H18N4O8S. The van der Waals surface area contributed by atoms with Crippen molar-refractivity contribution in [3.05, 3.63) is 103 Å². The van der Waals surface area contributed by atoms with Crippen LogP contribution in [0.4, 0.5) is 21.9 Å². The van der Waals surface area contributed by atoms with Crippen LogP contribution in [0.5, 0.6) is 11.5 Å². The summed E-state index contributed by atoms with van der Waals surface area (Å²) in [5.74, 6) is -1.22. The summed E-state index contributed by atoms with van der Waals surface area (Å²) in [5, 5.41) is 24.4. The molecular weight excluding hydrogens is 516 g/mol. The van der Waals surface area contributed by atoms with Crippen LogP contribution in [-0.2, 0) is 9.59 Å². The third kappa shape index (κ3) is 6.02. The summed E-state index contributed by atoms with van der Waals surface area (Å²) in [4.78, 5) is 59.3. The zero-order chi connectivity index (χ0) is 27.4. The average molecular weight is 535 g/mol. The normalized spacial score (nSPS) is 14.0. The Bertz CT molecular complexity index is 1520. The Morgan fingerprint density at radius 2 is 1.79 bits per heavy atom. The summed E-state index contributed by atoms with van der Waals surface area (Å²) in [7, 11) is 0. The number of carbonyl (C=O) groups excluding carboxylic acids is 3. The first kappa shape index (κ1) is 26.0. The van der Waals surface area contributed by atoms with Gasteiger partial charge in [0.1, 0.15) is 12.3 Å². The standard InChI is InChI=1S/C25H18N4O8S/c1-15-4-2-6-17(10-15)26-23(30)14-27-24(31)22(38-25(27)32)12-16-5-3-7-19(11-16)37-21-9-8-18(28(33)34)13-20(21)29(35)36/h2-13H,14H2,1H3,(H,26,30)/b22-12+. The highest BCUT2D eigenvalue weighted by Crippen LogP contribution is 2.36. The van der Waals surface area contributed by atoms with E-state index >= 15 is 0 Å². The van der Waals surface area contributed by atoms with Crippen LogP contribution in [-0.4, -0.2) is 38.3 Å². The molecule has 3 aromatic carbocycles. The van der Waals surface area contributed by atoms with E-state index in [1.54, 1.807) is 30.3 Å². The molecule has 1 heterocycles. The average Bonchev–Trinajstić information content (AvgIpc) is 3.11. The van der Waals surface area contributed by atoms with Crippen LogP contribution in [0.2, 0.25) is 0 Å². The molecule has 4 rings (SSSR count). The topological polar surface area (TPSA) is 162 Å². The number of amides is 3. The van der Waals surface area contributed by atoms with Gasteiger partial charge in [-0.2, -0.15) is 0 Å². The van der Waals surface area contributed by atoms with E-state index in [2.05, 4.69) is 5.32 Å². The number of thioether (sulfide) groups is 1. The zero-order valence-corrected chi connectivity index (χ0v) is 20.5. The number of imide groups is 1. The predicted octanol–water partition coefficient (Wildman–Crippen LogP) is 5.28. The van der Waals surface area contributed by atoms with Crippen LogP contribution >= 0.6 is 11.8 Å². The smallest absolute Gasteiger partial charge is 0.318 e. The largest absolute Gasteiger partial charge is 0.450 e. The van der Waals surface area contributed by atoms with Gasteiger partial charge in [0.15, 0.2) is 0 Å². The highest BCUT2D eigenvalue weighted by atomic mass is 32.2. The first-order chi connectivity index (χ1) is 18.1. The lowest BCUT2D eigenvalue weighted by molar-refractivity contribution is -0.394. The van der Waals surface area contributed by atoms with Gasteiger partial charge in [-0.05, 0) is 66.2 Å². The number of nitrogens with one attached hydrogen (secondary N) is 1. The Morgan fingerprint density at radius 3 is 2.50 bits per heavy atom. The number of hydrogen-bond donors (Lipinski definition) is 1. The maximum Gasteiger partial charge on any atom is 0.318 e. The Balaban J connectivity index is 1.49. The van der Waals surface area contributed by atoms with E-state index in [4.69, 9.17) is 4.74 Å². The second kappa shape index (κ2) is 10.9. The van der Waals surface area contributed by atoms with E-state index in [-0.39, 0.29) is 16.4 Å². The minimum Gasteiger partial charge on any atom is -0.450 e. The lowest BCUT2D eigenvalue weighted by Crippen LogP contribution is -2.36. The number of aryl methyl sites for hydroxylation is 1. The fourth-order valence-corrected chi connectivity index (χ4v) is 4.34. The van der Waals surface area contributed by atoms with Crippen molar-refractivity contribution in [1.82, 2.24) is 4.90 Å². The quantitative estimate of drug-likeness (QED) is 0.230. The van der Waals surface area contributed by atoms with Crippen LogP contribution in [0.1, 0.15) is 11.1 Å². The van der Waals surface area contributed by atoms with E-state index in [0.29, 0.717) is 23.0 Å². The third-order valence-electron chi connectivity index (χ3n) is 5.21. The molecule has 0 unspecified atom stereocenters. The molecule has 0 spiro atoms. The van der Waals surface area contributed by atoms with Gasteiger partial charge in [-0.25, -0.2) is 0 Å². The van der Waals surface area contributed by atoms with Gasteiger partial charge in [-0.3, -0.25) is 39.5 Å². The van der Waals surface area contributed by atoms with E-state index in [1.807, 2.05) is 13.0 Å². The summed E-state index contributed by atoms with van der Waals surface area (Å²) < 4.78 is 5.58. The fraction of sp³-hybridized carbons (Fsp3) is 0.0800. The molecule has 1 fully saturated rings. The molecule has 1 saturated heterocycles.